The molecule has 0 aliphatic carbocycles. The number of nitrogens with one attached hydrogen (secondary N) is 2. The third-order valence-corrected chi connectivity index (χ3v) is 5.45. The number of unbranched alkanes of at least 4 members (excludes halogenated alkanes) is 1. The van der Waals surface area contributed by atoms with E-state index in [0.717, 1.165) is 9.26 Å². The van der Waals surface area contributed by atoms with Crippen LogP contribution in [0.1, 0.15) is 33.1 Å². The molecular weight excluding hydrogens is 403 g/mol. The second-order valence-corrected chi connectivity index (χ2v) is 8.57. The molecule has 0 saturated carbocycles. The summed E-state index contributed by atoms with van der Waals surface area (Å²) >= 11 is 2.20. The Labute approximate surface area is 140 Å². The van der Waals surface area contributed by atoms with Crippen LogP contribution in [0.15, 0.2) is 24.3 Å². The minimum atomic E-state index is -3.20. The predicted molar refractivity (Wildman–Crippen MR) is 93.7 cm³/mol. The molecule has 0 aliphatic heterocycles. The number of halogens is 1. The lowest BCUT2D eigenvalue weighted by atomic mass is 10.2. The van der Waals surface area contributed by atoms with Gasteiger partial charge in [0.05, 0.1) is 5.25 Å². The van der Waals surface area contributed by atoms with Gasteiger partial charge in [-0.15, -0.1) is 0 Å². The average molecular weight is 424 g/mol. The molecule has 0 saturated heterocycles. The molecule has 0 spiro atoms. The lowest BCUT2D eigenvalue weighted by molar-refractivity contribution is -0.116. The zero-order valence-corrected chi connectivity index (χ0v) is 15.2. The fraction of sp³-hybridized carbons (Fsp3) is 0.500. The summed E-state index contributed by atoms with van der Waals surface area (Å²) in [5.74, 6) is -0.0528. The second kappa shape index (κ2) is 8.70. The summed E-state index contributed by atoms with van der Waals surface area (Å²) in [6.07, 6.45) is 1.68. The van der Waals surface area contributed by atoms with Crippen molar-refractivity contribution in [2.24, 2.45) is 0 Å². The molecule has 7 heteroatoms. The molecule has 0 radical (unpaired) electrons. The molecule has 21 heavy (non-hydrogen) atoms. The smallest absolute Gasteiger partial charge is 0.224 e. The molecule has 0 atom stereocenters. The number of amides is 1. The highest BCUT2D eigenvalue weighted by atomic mass is 127. The van der Waals surface area contributed by atoms with Crippen molar-refractivity contribution < 1.29 is 13.2 Å². The van der Waals surface area contributed by atoms with Crippen LogP contribution in [-0.4, -0.2) is 26.1 Å². The molecule has 0 aliphatic rings. The molecule has 0 heterocycles. The Kier molecular flexibility index (Phi) is 7.61. The Bertz CT molecular complexity index is 556. The molecule has 1 aromatic carbocycles. The van der Waals surface area contributed by atoms with Crippen molar-refractivity contribution >= 4 is 44.2 Å². The fourth-order valence-corrected chi connectivity index (χ4v) is 2.67. The van der Waals surface area contributed by atoms with Crippen molar-refractivity contribution in [1.82, 2.24) is 4.72 Å². The van der Waals surface area contributed by atoms with E-state index >= 15 is 0 Å². The van der Waals surface area contributed by atoms with Gasteiger partial charge in [0.15, 0.2) is 0 Å². The van der Waals surface area contributed by atoms with Gasteiger partial charge >= 0.3 is 0 Å². The third kappa shape index (κ3) is 7.23. The molecule has 0 aromatic heterocycles. The fourth-order valence-electron chi connectivity index (χ4n) is 1.55. The van der Waals surface area contributed by atoms with E-state index in [1.165, 1.54) is 0 Å². The van der Waals surface area contributed by atoms with Crippen molar-refractivity contribution in [3.63, 3.8) is 0 Å². The normalized spacial score (nSPS) is 11.6. The van der Waals surface area contributed by atoms with Crippen LogP contribution >= 0.6 is 22.6 Å². The topological polar surface area (TPSA) is 75.3 Å². The highest BCUT2D eigenvalue weighted by Gasteiger charge is 2.14. The summed E-state index contributed by atoms with van der Waals surface area (Å²) in [5.41, 5.74) is 0.779. The first-order valence-electron chi connectivity index (χ1n) is 6.85. The van der Waals surface area contributed by atoms with Gasteiger partial charge in [-0.25, -0.2) is 13.1 Å². The summed E-state index contributed by atoms with van der Waals surface area (Å²) < 4.78 is 26.7. The number of hydrogen-bond donors (Lipinski definition) is 2. The van der Waals surface area contributed by atoms with Crippen molar-refractivity contribution in [3.8, 4) is 0 Å². The van der Waals surface area contributed by atoms with Crippen molar-refractivity contribution in [2.75, 3.05) is 11.9 Å². The number of sulfonamides is 1. The first kappa shape index (κ1) is 18.4. The average Bonchev–Trinajstić information content (AvgIpc) is 2.40. The van der Waals surface area contributed by atoms with Crippen LogP contribution < -0.4 is 10.0 Å². The Balaban J connectivity index is 2.21. The first-order chi connectivity index (χ1) is 9.81. The van der Waals surface area contributed by atoms with Crippen LogP contribution in [0.2, 0.25) is 0 Å². The maximum absolute atomic E-state index is 11.7. The van der Waals surface area contributed by atoms with Crippen LogP contribution in [0.25, 0.3) is 0 Å². The van der Waals surface area contributed by atoms with Crippen molar-refractivity contribution in [1.29, 1.82) is 0 Å². The van der Waals surface area contributed by atoms with Gasteiger partial charge in [0.2, 0.25) is 15.9 Å². The molecule has 118 valence electrons. The van der Waals surface area contributed by atoms with Gasteiger partial charge in [-0.2, -0.15) is 0 Å². The largest absolute Gasteiger partial charge is 0.326 e. The van der Waals surface area contributed by atoms with Crippen molar-refractivity contribution in [3.05, 3.63) is 27.8 Å². The minimum absolute atomic E-state index is 0.0528. The molecule has 1 amide bonds. The van der Waals surface area contributed by atoms with Gasteiger partial charge in [0.25, 0.3) is 0 Å². The maximum Gasteiger partial charge on any atom is 0.224 e. The molecule has 1 rings (SSSR count). The van der Waals surface area contributed by atoms with E-state index in [-0.39, 0.29) is 5.91 Å². The standard InChI is InChI=1S/C14H21IN2O3S/c1-11(2)21(19,20)16-10-4-3-5-14(18)17-13-8-6-12(15)7-9-13/h6-9,11,16H,3-5,10H2,1-2H3,(H,17,18). The van der Waals surface area contributed by atoms with E-state index in [9.17, 15) is 13.2 Å². The Morgan fingerprint density at radius 1 is 1.19 bits per heavy atom. The Morgan fingerprint density at radius 3 is 2.38 bits per heavy atom. The summed E-state index contributed by atoms with van der Waals surface area (Å²) in [6, 6.07) is 7.57. The third-order valence-electron chi connectivity index (χ3n) is 2.88. The minimum Gasteiger partial charge on any atom is -0.326 e. The number of anilines is 1. The Hall–Kier alpha value is -0.670. The van der Waals surface area contributed by atoms with Crippen LogP contribution in [0.5, 0.6) is 0 Å². The van der Waals surface area contributed by atoms with Gasteiger partial charge < -0.3 is 5.32 Å². The van der Waals surface area contributed by atoms with Crippen LogP contribution in [0, 0.1) is 3.57 Å². The zero-order valence-electron chi connectivity index (χ0n) is 12.2. The monoisotopic (exact) mass is 424 g/mol. The van der Waals surface area contributed by atoms with E-state index in [2.05, 4.69) is 32.6 Å². The molecule has 2 N–H and O–H groups in total. The molecular formula is C14H21IN2O3S. The highest BCUT2D eigenvalue weighted by Crippen LogP contribution is 2.11. The number of carbonyl (C=O) groups is 1. The number of benzene rings is 1. The predicted octanol–water partition coefficient (Wildman–Crippen LogP) is 2.73. The van der Waals surface area contributed by atoms with Gasteiger partial charge in [0.1, 0.15) is 0 Å². The number of hydrogen-bond acceptors (Lipinski definition) is 3. The van der Waals surface area contributed by atoms with E-state index in [1.807, 2.05) is 24.3 Å². The van der Waals surface area contributed by atoms with Crippen LogP contribution in [0.3, 0.4) is 0 Å². The summed E-state index contributed by atoms with van der Waals surface area (Å²) in [6.45, 7) is 3.64. The van der Waals surface area contributed by atoms with E-state index in [0.29, 0.717) is 25.8 Å². The lowest BCUT2D eigenvalue weighted by Gasteiger charge is -2.09. The Morgan fingerprint density at radius 2 is 1.81 bits per heavy atom. The SMILES string of the molecule is CC(C)S(=O)(=O)NCCCCC(=O)Nc1ccc(I)cc1. The quantitative estimate of drug-likeness (QED) is 0.498. The maximum atomic E-state index is 11.7. The summed E-state index contributed by atoms with van der Waals surface area (Å²) in [4.78, 5) is 11.7. The summed E-state index contributed by atoms with van der Waals surface area (Å²) in [5, 5.41) is 2.38. The molecule has 5 nitrogen and oxygen atoms in total. The number of carbonyl (C=O) groups excluding carboxylic acids is 1. The molecule has 0 unspecified atom stereocenters. The van der Waals surface area contributed by atoms with Crippen LogP contribution in [0.4, 0.5) is 5.69 Å². The molecule has 1 aromatic rings. The lowest BCUT2D eigenvalue weighted by Crippen LogP contribution is -2.31. The zero-order chi connectivity index (χ0) is 15.9. The van der Waals surface area contributed by atoms with Gasteiger partial charge in [-0.1, -0.05) is 0 Å². The van der Waals surface area contributed by atoms with E-state index in [4.69, 9.17) is 0 Å². The van der Waals surface area contributed by atoms with Gasteiger partial charge in [-0.05, 0) is 73.5 Å². The summed E-state index contributed by atoms with van der Waals surface area (Å²) in [7, 11) is -3.20. The van der Waals surface area contributed by atoms with E-state index in [1.54, 1.807) is 13.8 Å². The van der Waals surface area contributed by atoms with Crippen LogP contribution in [-0.2, 0) is 14.8 Å². The van der Waals surface area contributed by atoms with E-state index < -0.39 is 15.3 Å². The number of rotatable bonds is 8. The van der Waals surface area contributed by atoms with Gasteiger partial charge in [-0.3, -0.25) is 4.79 Å². The second-order valence-electron chi connectivity index (χ2n) is 5.00. The van der Waals surface area contributed by atoms with Crippen molar-refractivity contribution in [2.45, 2.75) is 38.4 Å². The molecule has 0 fully saturated rings. The molecule has 0 bridgehead atoms. The highest BCUT2D eigenvalue weighted by molar-refractivity contribution is 14.1. The first-order valence-corrected chi connectivity index (χ1v) is 9.47. The van der Waals surface area contributed by atoms with Gasteiger partial charge in [0, 0.05) is 22.2 Å².